The quantitative estimate of drug-likeness (QED) is 0.320. The summed E-state index contributed by atoms with van der Waals surface area (Å²) >= 11 is 0. The Kier molecular flexibility index (Phi) is 3.91. The smallest absolute Gasteiger partial charge is 0.0705 e. The number of fused-ring (bicyclic) bond motifs is 2. The average molecular weight is 362 g/mol. The predicted molar refractivity (Wildman–Crippen MR) is 119 cm³/mol. The van der Waals surface area contributed by atoms with E-state index in [0.29, 0.717) is 0 Å². The highest BCUT2D eigenvalue weighted by molar-refractivity contribution is 6.01. The van der Waals surface area contributed by atoms with Gasteiger partial charge in [0.2, 0.25) is 0 Å². The van der Waals surface area contributed by atoms with Gasteiger partial charge in [-0.25, -0.2) is 0 Å². The molecule has 2 heteroatoms. The van der Waals surface area contributed by atoms with Crippen molar-refractivity contribution >= 4 is 34.1 Å². The minimum Gasteiger partial charge on any atom is -0.306 e. The summed E-state index contributed by atoms with van der Waals surface area (Å²) in [5.74, 6) is 0. The van der Waals surface area contributed by atoms with Gasteiger partial charge in [-0.3, -0.25) is 0 Å². The zero-order valence-electron chi connectivity index (χ0n) is 16.1. The van der Waals surface area contributed by atoms with Gasteiger partial charge in [-0.2, -0.15) is 0 Å². The van der Waals surface area contributed by atoms with Crippen LogP contribution < -0.4 is 9.80 Å². The van der Waals surface area contributed by atoms with Crippen LogP contribution in [0.25, 0.3) is 0 Å². The number of aryl methyl sites for hydroxylation is 2. The Balaban J connectivity index is 1.84. The molecule has 0 bridgehead atoms. The lowest BCUT2D eigenvalue weighted by atomic mass is 10.0. The second kappa shape index (κ2) is 6.58. The minimum absolute atomic E-state index is 1.17. The van der Waals surface area contributed by atoms with E-state index in [1.807, 2.05) is 0 Å². The third-order valence-corrected chi connectivity index (χ3v) is 5.25. The molecule has 0 atom stereocenters. The van der Waals surface area contributed by atoms with Crippen LogP contribution in [0.1, 0.15) is 11.1 Å². The van der Waals surface area contributed by atoms with Crippen molar-refractivity contribution in [2.45, 2.75) is 13.8 Å². The van der Waals surface area contributed by atoms with Crippen molar-refractivity contribution in [3.8, 4) is 0 Å². The first-order valence-corrected chi connectivity index (χ1v) is 9.64. The lowest BCUT2D eigenvalue weighted by molar-refractivity contribution is 1.16. The van der Waals surface area contributed by atoms with Gasteiger partial charge in [-0.1, -0.05) is 48.5 Å². The Labute approximate surface area is 166 Å². The highest BCUT2D eigenvalue weighted by atomic mass is 15.3. The Hall–Kier alpha value is -3.52. The molecule has 0 aromatic heterocycles. The van der Waals surface area contributed by atoms with Crippen LogP contribution in [0.15, 0.2) is 97.1 Å². The molecule has 4 aromatic carbocycles. The van der Waals surface area contributed by atoms with Crippen LogP contribution in [0.5, 0.6) is 0 Å². The van der Waals surface area contributed by atoms with Crippen molar-refractivity contribution in [3.05, 3.63) is 108 Å². The maximum absolute atomic E-state index is 2.37. The predicted octanol–water partition coefficient (Wildman–Crippen LogP) is 7.56. The average Bonchev–Trinajstić information content (AvgIpc) is 2.73. The summed E-state index contributed by atoms with van der Waals surface area (Å²) in [6.45, 7) is 4.31. The number of hydrogen-bond donors (Lipinski definition) is 0. The fourth-order valence-corrected chi connectivity index (χ4v) is 3.97. The highest BCUT2D eigenvalue weighted by Crippen LogP contribution is 2.54. The molecule has 0 amide bonds. The first kappa shape index (κ1) is 16.6. The van der Waals surface area contributed by atoms with Crippen LogP contribution >= 0.6 is 0 Å². The third-order valence-electron chi connectivity index (χ3n) is 5.25. The maximum atomic E-state index is 2.37. The van der Waals surface area contributed by atoms with Gasteiger partial charge in [0.15, 0.2) is 0 Å². The molecule has 0 saturated heterocycles. The fraction of sp³-hybridized carbons (Fsp3) is 0.0769. The number of nitrogens with zero attached hydrogens (tertiary/aromatic N) is 2. The van der Waals surface area contributed by atoms with Crippen molar-refractivity contribution in [1.29, 1.82) is 0 Å². The lowest BCUT2D eigenvalue weighted by Gasteiger charge is -2.40. The molecule has 0 N–H and O–H groups in total. The van der Waals surface area contributed by atoms with E-state index < -0.39 is 0 Å². The van der Waals surface area contributed by atoms with Crippen LogP contribution in [0, 0.1) is 13.8 Å². The molecule has 5 rings (SSSR count). The summed E-state index contributed by atoms with van der Waals surface area (Å²) in [6, 6.07) is 34.6. The molecule has 0 spiro atoms. The zero-order chi connectivity index (χ0) is 19.1. The number of benzene rings is 4. The molecule has 1 heterocycles. The SMILES string of the molecule is Cc1ccc2c(c1)N(c1ccccc1)c1ccc(C)cc1N2c1ccccc1. The zero-order valence-corrected chi connectivity index (χ0v) is 16.1. The van der Waals surface area contributed by atoms with Crippen molar-refractivity contribution in [3.63, 3.8) is 0 Å². The summed E-state index contributed by atoms with van der Waals surface area (Å²) in [5.41, 5.74) is 9.64. The van der Waals surface area contributed by atoms with Crippen molar-refractivity contribution in [2.75, 3.05) is 9.80 Å². The summed E-state index contributed by atoms with van der Waals surface area (Å²) in [5, 5.41) is 0. The Morgan fingerprint density at radius 1 is 0.429 bits per heavy atom. The first-order chi connectivity index (χ1) is 13.7. The van der Waals surface area contributed by atoms with Crippen molar-refractivity contribution in [1.82, 2.24) is 0 Å². The van der Waals surface area contributed by atoms with Gasteiger partial charge in [0.1, 0.15) is 0 Å². The van der Waals surface area contributed by atoms with E-state index in [-0.39, 0.29) is 0 Å². The molecule has 2 nitrogen and oxygen atoms in total. The molecule has 0 fully saturated rings. The van der Waals surface area contributed by atoms with Crippen LogP contribution in [0.3, 0.4) is 0 Å². The molecule has 1 aliphatic rings. The second-order valence-corrected chi connectivity index (χ2v) is 7.33. The molecule has 1 aliphatic heterocycles. The lowest BCUT2D eigenvalue weighted by Crippen LogP contribution is -2.24. The maximum Gasteiger partial charge on any atom is 0.0705 e. The number of para-hydroxylation sites is 2. The normalized spacial score (nSPS) is 12.5. The standard InChI is InChI=1S/C26H22N2/c1-19-13-15-23-25(17-19)27(21-9-5-3-6-10-21)24-16-14-20(2)18-26(24)28(23)22-11-7-4-8-12-22/h3-18H,1-2H3. The van der Waals surface area contributed by atoms with E-state index in [0.717, 1.165) is 0 Å². The van der Waals surface area contributed by atoms with E-state index >= 15 is 0 Å². The number of rotatable bonds is 2. The van der Waals surface area contributed by atoms with Crippen molar-refractivity contribution in [2.24, 2.45) is 0 Å². The molecule has 0 aliphatic carbocycles. The van der Waals surface area contributed by atoms with E-state index in [2.05, 4.69) is 121 Å². The van der Waals surface area contributed by atoms with Crippen LogP contribution in [0.2, 0.25) is 0 Å². The van der Waals surface area contributed by atoms with Gasteiger partial charge in [0, 0.05) is 11.4 Å². The Morgan fingerprint density at radius 2 is 0.821 bits per heavy atom. The molecule has 4 aromatic rings. The van der Waals surface area contributed by atoms with E-state index in [9.17, 15) is 0 Å². The molecular formula is C26H22N2. The van der Waals surface area contributed by atoms with Crippen molar-refractivity contribution < 1.29 is 0 Å². The van der Waals surface area contributed by atoms with Gasteiger partial charge in [-0.15, -0.1) is 0 Å². The minimum atomic E-state index is 1.17. The highest BCUT2D eigenvalue weighted by Gasteiger charge is 2.30. The largest absolute Gasteiger partial charge is 0.306 e. The number of hydrogen-bond acceptors (Lipinski definition) is 2. The van der Waals surface area contributed by atoms with Crippen LogP contribution in [-0.4, -0.2) is 0 Å². The fourth-order valence-electron chi connectivity index (χ4n) is 3.97. The molecule has 0 radical (unpaired) electrons. The van der Waals surface area contributed by atoms with E-state index in [1.165, 1.54) is 45.3 Å². The topological polar surface area (TPSA) is 6.48 Å². The molecular weight excluding hydrogens is 340 g/mol. The van der Waals surface area contributed by atoms with Crippen LogP contribution in [-0.2, 0) is 0 Å². The van der Waals surface area contributed by atoms with E-state index in [1.54, 1.807) is 0 Å². The van der Waals surface area contributed by atoms with E-state index in [4.69, 9.17) is 0 Å². The van der Waals surface area contributed by atoms with Gasteiger partial charge >= 0.3 is 0 Å². The summed E-state index contributed by atoms with van der Waals surface area (Å²) < 4.78 is 0. The molecule has 0 saturated carbocycles. The van der Waals surface area contributed by atoms with Gasteiger partial charge in [0.25, 0.3) is 0 Å². The third kappa shape index (κ3) is 2.66. The molecule has 136 valence electrons. The Morgan fingerprint density at radius 3 is 1.21 bits per heavy atom. The first-order valence-electron chi connectivity index (χ1n) is 9.64. The monoisotopic (exact) mass is 362 g/mol. The van der Waals surface area contributed by atoms with Gasteiger partial charge < -0.3 is 9.80 Å². The molecule has 0 unspecified atom stereocenters. The summed E-state index contributed by atoms with van der Waals surface area (Å²) in [4.78, 5) is 4.74. The van der Waals surface area contributed by atoms with Gasteiger partial charge in [0.05, 0.1) is 22.7 Å². The van der Waals surface area contributed by atoms with Gasteiger partial charge in [-0.05, 0) is 73.5 Å². The number of anilines is 6. The van der Waals surface area contributed by atoms with Crippen LogP contribution in [0.4, 0.5) is 34.1 Å². The summed E-state index contributed by atoms with van der Waals surface area (Å²) in [7, 11) is 0. The summed E-state index contributed by atoms with van der Waals surface area (Å²) in [6.07, 6.45) is 0. The second-order valence-electron chi connectivity index (χ2n) is 7.33. The molecule has 28 heavy (non-hydrogen) atoms. The Bertz CT molecular complexity index is 1040.